The zero-order valence-electron chi connectivity index (χ0n) is 29.6. The van der Waals surface area contributed by atoms with Gasteiger partial charge in [0.1, 0.15) is 11.2 Å². The third kappa shape index (κ3) is 5.71. The molecule has 54 heavy (non-hydrogen) atoms. The van der Waals surface area contributed by atoms with Gasteiger partial charge in [-0.3, -0.25) is 0 Å². The first-order chi connectivity index (χ1) is 26.8. The SMILES string of the molecule is c1ccc(-c2cc(-c3ccccc3)cc(N(c3ccccc3)c3ccc(-c4ccc5c(-c6ccccc6)cc6oc7ccccc7c6c5c4)cc3)c2)cc1. The van der Waals surface area contributed by atoms with E-state index in [1.807, 2.05) is 6.07 Å². The minimum absolute atomic E-state index is 0.904. The Hall–Kier alpha value is -7.16. The highest BCUT2D eigenvalue weighted by Gasteiger charge is 2.18. The summed E-state index contributed by atoms with van der Waals surface area (Å²) in [5, 5.41) is 4.69. The van der Waals surface area contributed by atoms with E-state index in [1.54, 1.807) is 0 Å². The first-order valence-electron chi connectivity index (χ1n) is 18.4. The summed E-state index contributed by atoms with van der Waals surface area (Å²) in [6.07, 6.45) is 0. The normalized spacial score (nSPS) is 11.3. The molecule has 0 fully saturated rings. The van der Waals surface area contributed by atoms with Crippen LogP contribution in [-0.2, 0) is 0 Å². The van der Waals surface area contributed by atoms with Gasteiger partial charge >= 0.3 is 0 Å². The van der Waals surface area contributed by atoms with Gasteiger partial charge in [0.2, 0.25) is 0 Å². The molecule has 9 aromatic carbocycles. The van der Waals surface area contributed by atoms with Gasteiger partial charge in [-0.25, -0.2) is 0 Å². The molecule has 0 aliphatic rings. The predicted octanol–water partition coefficient (Wildman–Crippen LogP) is 14.9. The number of fused-ring (bicyclic) bond motifs is 5. The summed E-state index contributed by atoms with van der Waals surface area (Å²) in [6, 6.07) is 75.8. The number of anilines is 3. The van der Waals surface area contributed by atoms with Crippen molar-refractivity contribution in [3.8, 4) is 44.5 Å². The number of benzene rings is 9. The van der Waals surface area contributed by atoms with Crippen LogP contribution in [0.15, 0.2) is 217 Å². The second-order valence-electron chi connectivity index (χ2n) is 13.7. The highest BCUT2D eigenvalue weighted by molar-refractivity contribution is 6.22. The molecule has 0 radical (unpaired) electrons. The quantitative estimate of drug-likeness (QED) is 0.166. The second kappa shape index (κ2) is 13.4. The first kappa shape index (κ1) is 31.6. The molecule has 0 aliphatic carbocycles. The summed E-state index contributed by atoms with van der Waals surface area (Å²) in [4.78, 5) is 2.36. The minimum atomic E-state index is 0.904. The van der Waals surface area contributed by atoms with E-state index in [0.29, 0.717) is 0 Å². The van der Waals surface area contributed by atoms with Gasteiger partial charge in [0.05, 0.1) is 0 Å². The highest BCUT2D eigenvalue weighted by Crippen LogP contribution is 2.43. The lowest BCUT2D eigenvalue weighted by atomic mass is 9.92. The van der Waals surface area contributed by atoms with Gasteiger partial charge < -0.3 is 9.32 Å². The molecule has 0 amide bonds. The van der Waals surface area contributed by atoms with E-state index in [0.717, 1.165) is 50.1 Å². The van der Waals surface area contributed by atoms with E-state index in [9.17, 15) is 0 Å². The largest absolute Gasteiger partial charge is 0.456 e. The van der Waals surface area contributed by atoms with Crippen LogP contribution in [0.5, 0.6) is 0 Å². The smallest absolute Gasteiger partial charge is 0.136 e. The van der Waals surface area contributed by atoms with Gasteiger partial charge in [0.25, 0.3) is 0 Å². The standard InChI is InChI=1S/C52H35NO/c1-5-15-36(16-6-1)41-31-42(37-17-7-2-8-18-37)33-45(32-41)53(43-21-11-4-12-22-43)44-28-25-38(26-29-44)40-27-30-46-48(39-19-9-3-10-20-39)35-51-52(49(46)34-40)47-23-13-14-24-50(47)54-51/h1-35H. The Morgan fingerprint density at radius 2 is 0.796 bits per heavy atom. The fourth-order valence-corrected chi connectivity index (χ4v) is 7.84. The monoisotopic (exact) mass is 689 g/mol. The van der Waals surface area contributed by atoms with Crippen molar-refractivity contribution in [1.82, 2.24) is 0 Å². The van der Waals surface area contributed by atoms with E-state index in [2.05, 4.69) is 211 Å². The van der Waals surface area contributed by atoms with Gasteiger partial charge in [-0.05, 0) is 116 Å². The van der Waals surface area contributed by atoms with Crippen molar-refractivity contribution in [3.05, 3.63) is 212 Å². The number of furan rings is 1. The van der Waals surface area contributed by atoms with Gasteiger partial charge in [-0.2, -0.15) is 0 Å². The molecule has 1 heterocycles. The van der Waals surface area contributed by atoms with E-state index in [-0.39, 0.29) is 0 Å². The van der Waals surface area contributed by atoms with Gasteiger partial charge in [0.15, 0.2) is 0 Å². The Kier molecular flexibility index (Phi) is 7.85. The molecule has 0 atom stereocenters. The Morgan fingerprint density at radius 1 is 0.278 bits per heavy atom. The molecule has 2 nitrogen and oxygen atoms in total. The molecule has 10 aromatic rings. The molecule has 0 bridgehead atoms. The number of hydrogen-bond donors (Lipinski definition) is 0. The van der Waals surface area contributed by atoms with Crippen molar-refractivity contribution >= 4 is 49.8 Å². The Bertz CT molecular complexity index is 2840. The lowest BCUT2D eigenvalue weighted by molar-refractivity contribution is 0.669. The molecule has 2 heteroatoms. The molecule has 0 saturated heterocycles. The fourth-order valence-electron chi connectivity index (χ4n) is 7.84. The number of nitrogens with zero attached hydrogens (tertiary/aromatic N) is 1. The molecule has 0 unspecified atom stereocenters. The molecule has 254 valence electrons. The Labute approximate surface area is 314 Å². The third-order valence-corrected chi connectivity index (χ3v) is 10.4. The second-order valence-corrected chi connectivity index (χ2v) is 13.7. The molecular weight excluding hydrogens is 655 g/mol. The predicted molar refractivity (Wildman–Crippen MR) is 228 cm³/mol. The summed E-state index contributed by atoms with van der Waals surface area (Å²) in [7, 11) is 0. The van der Waals surface area contributed by atoms with Gasteiger partial charge in [0, 0.05) is 27.8 Å². The van der Waals surface area contributed by atoms with Crippen molar-refractivity contribution < 1.29 is 4.42 Å². The molecule has 0 saturated carbocycles. The van der Waals surface area contributed by atoms with E-state index in [1.165, 1.54) is 44.2 Å². The van der Waals surface area contributed by atoms with Crippen LogP contribution in [0, 0.1) is 0 Å². The maximum absolute atomic E-state index is 6.46. The number of hydrogen-bond acceptors (Lipinski definition) is 2. The van der Waals surface area contributed by atoms with Crippen LogP contribution in [-0.4, -0.2) is 0 Å². The molecule has 0 aliphatic heterocycles. The highest BCUT2D eigenvalue weighted by atomic mass is 16.3. The topological polar surface area (TPSA) is 16.4 Å². The average Bonchev–Trinajstić information content (AvgIpc) is 3.64. The van der Waals surface area contributed by atoms with Crippen LogP contribution in [0.3, 0.4) is 0 Å². The van der Waals surface area contributed by atoms with Gasteiger partial charge in [-0.15, -0.1) is 0 Å². The molecule has 1 aromatic heterocycles. The van der Waals surface area contributed by atoms with Crippen LogP contribution >= 0.6 is 0 Å². The molecule has 10 rings (SSSR count). The summed E-state index contributed by atoms with van der Waals surface area (Å²) in [5.41, 5.74) is 14.5. The summed E-state index contributed by atoms with van der Waals surface area (Å²) in [5.74, 6) is 0. The van der Waals surface area contributed by atoms with E-state index in [4.69, 9.17) is 4.42 Å². The van der Waals surface area contributed by atoms with Crippen molar-refractivity contribution in [2.24, 2.45) is 0 Å². The third-order valence-electron chi connectivity index (χ3n) is 10.4. The zero-order chi connectivity index (χ0) is 35.8. The average molecular weight is 690 g/mol. The van der Waals surface area contributed by atoms with Crippen LogP contribution < -0.4 is 4.90 Å². The molecule has 0 spiro atoms. The van der Waals surface area contributed by atoms with Crippen molar-refractivity contribution in [2.75, 3.05) is 4.90 Å². The minimum Gasteiger partial charge on any atom is -0.456 e. The van der Waals surface area contributed by atoms with Crippen molar-refractivity contribution in [1.29, 1.82) is 0 Å². The maximum atomic E-state index is 6.46. The van der Waals surface area contributed by atoms with E-state index < -0.39 is 0 Å². The van der Waals surface area contributed by atoms with E-state index >= 15 is 0 Å². The lowest BCUT2D eigenvalue weighted by Gasteiger charge is -2.27. The fraction of sp³-hybridized carbons (Fsp3) is 0. The van der Waals surface area contributed by atoms with Crippen molar-refractivity contribution in [3.63, 3.8) is 0 Å². The van der Waals surface area contributed by atoms with Crippen LogP contribution in [0.1, 0.15) is 0 Å². The maximum Gasteiger partial charge on any atom is 0.136 e. The van der Waals surface area contributed by atoms with Gasteiger partial charge in [-0.1, -0.05) is 152 Å². The molecular formula is C52H35NO. The Morgan fingerprint density at radius 3 is 1.44 bits per heavy atom. The lowest BCUT2D eigenvalue weighted by Crippen LogP contribution is -2.10. The summed E-state index contributed by atoms with van der Waals surface area (Å²) in [6.45, 7) is 0. The molecule has 0 N–H and O–H groups in total. The summed E-state index contributed by atoms with van der Waals surface area (Å²) < 4.78 is 6.46. The Balaban J connectivity index is 1.11. The number of para-hydroxylation sites is 2. The number of rotatable bonds is 7. The van der Waals surface area contributed by atoms with Crippen LogP contribution in [0.4, 0.5) is 17.1 Å². The first-order valence-corrected chi connectivity index (χ1v) is 18.4. The zero-order valence-corrected chi connectivity index (χ0v) is 29.6. The van der Waals surface area contributed by atoms with Crippen LogP contribution in [0.25, 0.3) is 77.2 Å². The summed E-state index contributed by atoms with van der Waals surface area (Å²) >= 11 is 0. The van der Waals surface area contributed by atoms with Crippen LogP contribution in [0.2, 0.25) is 0 Å². The van der Waals surface area contributed by atoms with Crippen molar-refractivity contribution in [2.45, 2.75) is 0 Å².